The van der Waals surface area contributed by atoms with Crippen molar-refractivity contribution >= 4 is 0 Å². The molecule has 0 radical (unpaired) electrons. The maximum Gasteiger partial charge on any atom is -0.0162 e. The highest BCUT2D eigenvalue weighted by molar-refractivity contribution is 5.27. The van der Waals surface area contributed by atoms with Crippen molar-refractivity contribution in [3.05, 3.63) is 70.8 Å². The predicted octanol–water partition coefficient (Wildman–Crippen LogP) is 5.74. The highest BCUT2D eigenvalue weighted by Crippen LogP contribution is 2.40. The van der Waals surface area contributed by atoms with Gasteiger partial charge in [-0.1, -0.05) is 59.7 Å². The third-order valence-corrected chi connectivity index (χ3v) is 4.82. The second-order valence-electron chi connectivity index (χ2n) is 6.37. The molecule has 2 aromatic carbocycles. The number of hydrogen-bond acceptors (Lipinski definition) is 0. The van der Waals surface area contributed by atoms with Crippen LogP contribution in [-0.4, -0.2) is 0 Å². The van der Waals surface area contributed by atoms with Gasteiger partial charge in [-0.15, -0.1) is 0 Å². The Morgan fingerprint density at radius 3 is 1.15 bits per heavy atom. The van der Waals surface area contributed by atoms with Gasteiger partial charge in [0.15, 0.2) is 0 Å². The van der Waals surface area contributed by atoms with E-state index in [-0.39, 0.29) is 0 Å². The first kappa shape index (κ1) is 13.4. The lowest BCUT2D eigenvalue weighted by atomic mass is 9.76. The minimum Gasteiger partial charge on any atom is -0.0590 e. The van der Waals surface area contributed by atoms with Crippen molar-refractivity contribution in [2.24, 2.45) is 0 Å². The summed E-state index contributed by atoms with van der Waals surface area (Å²) in [5, 5.41) is 0. The van der Waals surface area contributed by atoms with Gasteiger partial charge < -0.3 is 0 Å². The number of aryl methyl sites for hydroxylation is 2. The molecule has 0 N–H and O–H groups in total. The summed E-state index contributed by atoms with van der Waals surface area (Å²) < 4.78 is 0. The Kier molecular flexibility index (Phi) is 3.91. The van der Waals surface area contributed by atoms with Crippen molar-refractivity contribution in [3.8, 4) is 0 Å². The maximum absolute atomic E-state index is 2.33. The average molecular weight is 264 g/mol. The van der Waals surface area contributed by atoms with Gasteiger partial charge >= 0.3 is 0 Å². The minimum absolute atomic E-state index is 0.775. The van der Waals surface area contributed by atoms with Gasteiger partial charge in [0.2, 0.25) is 0 Å². The third-order valence-electron chi connectivity index (χ3n) is 4.82. The molecule has 2 aromatic rings. The molecule has 1 aliphatic rings. The quantitative estimate of drug-likeness (QED) is 0.648. The van der Waals surface area contributed by atoms with E-state index >= 15 is 0 Å². The minimum atomic E-state index is 0.775. The first-order chi connectivity index (χ1) is 9.72. The molecule has 0 unspecified atom stereocenters. The van der Waals surface area contributed by atoms with Crippen molar-refractivity contribution in [2.45, 2.75) is 51.4 Å². The highest BCUT2D eigenvalue weighted by Gasteiger charge is 2.23. The Labute approximate surface area is 122 Å². The van der Waals surface area contributed by atoms with Crippen LogP contribution in [0.25, 0.3) is 0 Å². The van der Waals surface area contributed by atoms with E-state index in [9.17, 15) is 0 Å². The molecule has 1 saturated carbocycles. The van der Waals surface area contributed by atoms with Gasteiger partial charge in [0.1, 0.15) is 0 Å². The summed E-state index contributed by atoms with van der Waals surface area (Å²) in [5.74, 6) is 1.55. The second-order valence-corrected chi connectivity index (χ2v) is 6.37. The highest BCUT2D eigenvalue weighted by atomic mass is 14.3. The molecule has 3 rings (SSSR count). The SMILES string of the molecule is Cc1ccc(C2CCC(c3ccc(C)cc3)CC2)cc1. The largest absolute Gasteiger partial charge is 0.0590 e. The van der Waals surface area contributed by atoms with Gasteiger partial charge in [0.25, 0.3) is 0 Å². The Hall–Kier alpha value is -1.56. The summed E-state index contributed by atoms with van der Waals surface area (Å²) >= 11 is 0. The third kappa shape index (κ3) is 2.95. The Balaban J connectivity index is 1.64. The summed E-state index contributed by atoms with van der Waals surface area (Å²) in [6.07, 6.45) is 5.34. The van der Waals surface area contributed by atoms with E-state index in [4.69, 9.17) is 0 Å². The van der Waals surface area contributed by atoms with Crippen LogP contribution >= 0.6 is 0 Å². The van der Waals surface area contributed by atoms with E-state index in [1.165, 1.54) is 47.9 Å². The first-order valence-electron chi connectivity index (χ1n) is 7.85. The van der Waals surface area contributed by atoms with E-state index < -0.39 is 0 Å². The molecule has 0 heteroatoms. The van der Waals surface area contributed by atoms with Gasteiger partial charge in [0.05, 0.1) is 0 Å². The molecule has 0 spiro atoms. The number of hydrogen-bond donors (Lipinski definition) is 0. The zero-order valence-corrected chi connectivity index (χ0v) is 12.6. The fourth-order valence-electron chi connectivity index (χ4n) is 3.44. The summed E-state index contributed by atoms with van der Waals surface area (Å²) in [6, 6.07) is 18.3. The molecule has 1 fully saturated rings. The molecule has 0 saturated heterocycles. The molecule has 0 nitrogen and oxygen atoms in total. The van der Waals surface area contributed by atoms with Gasteiger partial charge in [-0.2, -0.15) is 0 Å². The fraction of sp³-hybridized carbons (Fsp3) is 0.400. The van der Waals surface area contributed by atoms with Crippen molar-refractivity contribution in [1.82, 2.24) is 0 Å². The summed E-state index contributed by atoms with van der Waals surface area (Å²) in [5.41, 5.74) is 5.81. The lowest BCUT2D eigenvalue weighted by Gasteiger charge is -2.29. The lowest BCUT2D eigenvalue weighted by Crippen LogP contribution is -2.12. The van der Waals surface area contributed by atoms with Gasteiger partial charge in [-0.05, 0) is 62.5 Å². The molecule has 20 heavy (non-hydrogen) atoms. The smallest absolute Gasteiger partial charge is 0.0162 e. The van der Waals surface area contributed by atoms with E-state index in [1.807, 2.05) is 0 Å². The molecule has 0 amide bonds. The van der Waals surface area contributed by atoms with Crippen LogP contribution in [0.2, 0.25) is 0 Å². The standard InChI is InChI=1S/C20H24/c1-15-3-7-17(8-4-15)19-11-13-20(14-12-19)18-9-5-16(2)6-10-18/h3-10,19-20H,11-14H2,1-2H3. The van der Waals surface area contributed by atoms with Crippen LogP contribution < -0.4 is 0 Å². The predicted molar refractivity (Wildman–Crippen MR) is 86.3 cm³/mol. The van der Waals surface area contributed by atoms with Crippen molar-refractivity contribution in [3.63, 3.8) is 0 Å². The molecule has 1 aliphatic carbocycles. The molecule has 0 atom stereocenters. The molecule has 0 bridgehead atoms. The van der Waals surface area contributed by atoms with E-state index in [2.05, 4.69) is 62.4 Å². The van der Waals surface area contributed by atoms with Gasteiger partial charge in [-0.25, -0.2) is 0 Å². The number of rotatable bonds is 2. The summed E-state index contributed by atoms with van der Waals surface area (Å²) in [6.45, 7) is 4.33. The number of benzene rings is 2. The molecule has 0 heterocycles. The van der Waals surface area contributed by atoms with Gasteiger partial charge in [-0.3, -0.25) is 0 Å². The molecule has 104 valence electrons. The van der Waals surface area contributed by atoms with Crippen LogP contribution in [0.4, 0.5) is 0 Å². The summed E-state index contributed by atoms with van der Waals surface area (Å²) in [4.78, 5) is 0. The normalized spacial score (nSPS) is 22.7. The Bertz CT molecular complexity index is 486. The fourth-order valence-corrected chi connectivity index (χ4v) is 3.44. The molecular formula is C20H24. The topological polar surface area (TPSA) is 0 Å². The van der Waals surface area contributed by atoms with Crippen molar-refractivity contribution < 1.29 is 0 Å². The first-order valence-corrected chi connectivity index (χ1v) is 7.85. The van der Waals surface area contributed by atoms with Gasteiger partial charge in [0, 0.05) is 0 Å². The van der Waals surface area contributed by atoms with Crippen LogP contribution in [0.15, 0.2) is 48.5 Å². The Morgan fingerprint density at radius 2 is 0.850 bits per heavy atom. The maximum atomic E-state index is 2.33. The van der Waals surface area contributed by atoms with Crippen LogP contribution in [0.1, 0.15) is 59.8 Å². The van der Waals surface area contributed by atoms with E-state index in [0.717, 1.165) is 11.8 Å². The zero-order valence-electron chi connectivity index (χ0n) is 12.6. The average Bonchev–Trinajstić information content (AvgIpc) is 2.49. The van der Waals surface area contributed by atoms with Crippen molar-refractivity contribution in [1.29, 1.82) is 0 Å². The van der Waals surface area contributed by atoms with E-state index in [0.29, 0.717) is 0 Å². The zero-order chi connectivity index (χ0) is 13.9. The molecular weight excluding hydrogens is 240 g/mol. The van der Waals surface area contributed by atoms with E-state index in [1.54, 1.807) is 0 Å². The van der Waals surface area contributed by atoms with Crippen LogP contribution in [0.5, 0.6) is 0 Å². The monoisotopic (exact) mass is 264 g/mol. The van der Waals surface area contributed by atoms with Crippen LogP contribution in [0, 0.1) is 13.8 Å². The molecule has 0 aliphatic heterocycles. The van der Waals surface area contributed by atoms with Crippen molar-refractivity contribution in [2.75, 3.05) is 0 Å². The Morgan fingerprint density at radius 1 is 0.550 bits per heavy atom. The lowest BCUT2D eigenvalue weighted by molar-refractivity contribution is 0.396. The summed E-state index contributed by atoms with van der Waals surface area (Å²) in [7, 11) is 0. The van der Waals surface area contributed by atoms with Crippen LogP contribution in [0.3, 0.4) is 0 Å². The second kappa shape index (κ2) is 5.83. The molecule has 0 aromatic heterocycles. The van der Waals surface area contributed by atoms with Crippen LogP contribution in [-0.2, 0) is 0 Å².